The lowest BCUT2D eigenvalue weighted by Gasteiger charge is -2.18. The largest absolute Gasteiger partial charge is 0.406 e. The number of rotatable bonds is 4. The van der Waals surface area contributed by atoms with E-state index in [2.05, 4.69) is 4.99 Å². The van der Waals surface area contributed by atoms with E-state index in [0.29, 0.717) is 27.1 Å². The van der Waals surface area contributed by atoms with Crippen LogP contribution in [0.2, 0.25) is 0 Å². The molecular formula is C14H12F6N2OS2. The fourth-order valence-electron chi connectivity index (χ4n) is 1.90. The number of thioether (sulfide) groups is 2. The van der Waals surface area contributed by atoms with Crippen molar-refractivity contribution >= 4 is 40.3 Å². The Labute approximate surface area is 147 Å². The number of benzene rings is 1. The molecule has 11 heteroatoms. The molecule has 0 spiro atoms. The topological polar surface area (TPSA) is 32.7 Å². The van der Waals surface area contributed by atoms with Crippen molar-refractivity contribution in [1.82, 2.24) is 4.90 Å². The summed E-state index contributed by atoms with van der Waals surface area (Å²) in [6, 6.07) is 4.39. The zero-order chi connectivity index (χ0) is 18.8. The molecule has 138 valence electrons. The van der Waals surface area contributed by atoms with Gasteiger partial charge in [0.1, 0.15) is 6.54 Å². The highest BCUT2D eigenvalue weighted by atomic mass is 32.2. The third kappa shape index (κ3) is 6.14. The molecular weight excluding hydrogens is 390 g/mol. The molecule has 0 N–H and O–H groups in total. The summed E-state index contributed by atoms with van der Waals surface area (Å²) in [5, 5.41) is -0.113. The van der Waals surface area contributed by atoms with E-state index in [0.717, 1.165) is 11.8 Å². The van der Waals surface area contributed by atoms with Gasteiger partial charge in [0.25, 0.3) is 0 Å². The van der Waals surface area contributed by atoms with Gasteiger partial charge >= 0.3 is 12.4 Å². The number of alkyl halides is 6. The van der Waals surface area contributed by atoms with Crippen LogP contribution in [0.5, 0.6) is 0 Å². The number of amides is 1. The van der Waals surface area contributed by atoms with Crippen LogP contribution in [0.25, 0.3) is 0 Å². The highest BCUT2D eigenvalue weighted by Gasteiger charge is 2.38. The second kappa shape index (κ2) is 7.48. The van der Waals surface area contributed by atoms with Crippen LogP contribution in [0, 0.1) is 6.92 Å². The van der Waals surface area contributed by atoms with Gasteiger partial charge in [-0.25, -0.2) is 4.99 Å². The molecule has 1 aromatic carbocycles. The van der Waals surface area contributed by atoms with E-state index < -0.39 is 30.6 Å². The average Bonchev–Trinajstić information content (AvgIpc) is 2.78. The quantitative estimate of drug-likeness (QED) is 0.537. The van der Waals surface area contributed by atoms with Crippen molar-refractivity contribution in [3.63, 3.8) is 0 Å². The first-order valence-corrected chi connectivity index (χ1v) is 8.80. The van der Waals surface area contributed by atoms with Crippen LogP contribution in [0.4, 0.5) is 32.0 Å². The van der Waals surface area contributed by atoms with Gasteiger partial charge in [-0.15, -0.1) is 11.8 Å². The lowest BCUT2D eigenvalue weighted by molar-refractivity contribution is -0.150. The highest BCUT2D eigenvalue weighted by molar-refractivity contribution is 8.15. The first-order valence-electron chi connectivity index (χ1n) is 6.83. The Morgan fingerprint density at radius 1 is 1.20 bits per heavy atom. The summed E-state index contributed by atoms with van der Waals surface area (Å²) in [4.78, 5) is 16.5. The fourth-order valence-corrected chi connectivity index (χ4v) is 3.62. The van der Waals surface area contributed by atoms with E-state index in [1.807, 2.05) is 0 Å². The minimum absolute atomic E-state index is 0.113. The third-order valence-corrected chi connectivity index (χ3v) is 5.17. The number of aliphatic imine (C=N–C) groups is 1. The summed E-state index contributed by atoms with van der Waals surface area (Å²) in [6.07, 6.45) is -8.90. The SMILES string of the molecule is Cc1ccc(/N=C2\SCC(=O)N2CC(F)(F)F)cc1SCC(F)(F)F. The van der Waals surface area contributed by atoms with Crippen molar-refractivity contribution in [2.45, 2.75) is 24.2 Å². The summed E-state index contributed by atoms with van der Waals surface area (Å²) >= 11 is 1.44. The first kappa shape index (κ1) is 20.0. The fraction of sp³-hybridized carbons (Fsp3) is 0.429. The maximum absolute atomic E-state index is 12.6. The van der Waals surface area contributed by atoms with E-state index in [4.69, 9.17) is 0 Å². The number of aryl methyl sites for hydroxylation is 1. The van der Waals surface area contributed by atoms with Gasteiger partial charge in [-0.05, 0) is 24.6 Å². The van der Waals surface area contributed by atoms with Crippen molar-refractivity contribution in [1.29, 1.82) is 0 Å². The maximum atomic E-state index is 12.6. The molecule has 2 rings (SSSR count). The molecule has 0 bridgehead atoms. The summed E-state index contributed by atoms with van der Waals surface area (Å²) in [5.41, 5.74) is 0.792. The van der Waals surface area contributed by atoms with E-state index in [-0.39, 0.29) is 16.6 Å². The average molecular weight is 402 g/mol. The molecule has 0 aromatic heterocycles. The van der Waals surface area contributed by atoms with Crippen molar-refractivity contribution in [2.24, 2.45) is 4.99 Å². The molecule has 1 aliphatic heterocycles. The van der Waals surface area contributed by atoms with Gasteiger partial charge in [0.2, 0.25) is 5.91 Å². The summed E-state index contributed by atoms with van der Waals surface area (Å²) in [6.45, 7) is 0.179. The van der Waals surface area contributed by atoms with Crippen LogP contribution in [0.1, 0.15) is 5.56 Å². The third-order valence-electron chi connectivity index (χ3n) is 2.98. The minimum Gasteiger partial charge on any atom is -0.281 e. The Bertz CT molecular complexity index is 687. The van der Waals surface area contributed by atoms with Gasteiger partial charge in [-0.1, -0.05) is 17.8 Å². The molecule has 1 amide bonds. The van der Waals surface area contributed by atoms with Crippen LogP contribution >= 0.6 is 23.5 Å². The Morgan fingerprint density at radius 3 is 2.48 bits per heavy atom. The number of carbonyl (C=O) groups excluding carboxylic acids is 1. The van der Waals surface area contributed by atoms with Gasteiger partial charge < -0.3 is 0 Å². The predicted octanol–water partition coefficient (Wildman–Crippen LogP) is 4.77. The molecule has 1 fully saturated rings. The molecule has 0 atom stereocenters. The molecule has 0 saturated carbocycles. The smallest absolute Gasteiger partial charge is 0.281 e. The number of nitrogens with zero attached hydrogens (tertiary/aromatic N) is 2. The second-order valence-corrected chi connectivity index (χ2v) is 7.09. The highest BCUT2D eigenvalue weighted by Crippen LogP contribution is 2.33. The zero-order valence-electron chi connectivity index (χ0n) is 12.7. The molecule has 0 radical (unpaired) electrons. The zero-order valence-corrected chi connectivity index (χ0v) is 14.4. The van der Waals surface area contributed by atoms with Gasteiger partial charge in [-0.3, -0.25) is 9.69 Å². The Kier molecular flexibility index (Phi) is 5.97. The van der Waals surface area contributed by atoms with Gasteiger partial charge in [0.05, 0.1) is 17.2 Å². The van der Waals surface area contributed by atoms with Crippen LogP contribution in [0.15, 0.2) is 28.1 Å². The number of hydrogen-bond donors (Lipinski definition) is 0. The standard InChI is InChI=1S/C14H12F6N2OS2/c1-8-2-3-9(4-10(8)25-7-14(18,19)20)21-12-22(6-13(15,16)17)11(23)5-24-12/h2-4H,5-7H2,1H3/b21-12-. The molecule has 3 nitrogen and oxygen atoms in total. The van der Waals surface area contributed by atoms with Crippen molar-refractivity contribution < 1.29 is 31.1 Å². The lowest BCUT2D eigenvalue weighted by Crippen LogP contribution is -2.38. The van der Waals surface area contributed by atoms with Crippen LogP contribution in [-0.2, 0) is 4.79 Å². The van der Waals surface area contributed by atoms with E-state index >= 15 is 0 Å². The number of amidine groups is 1. The van der Waals surface area contributed by atoms with Crippen LogP contribution < -0.4 is 0 Å². The Hall–Kier alpha value is -1.36. The molecule has 1 aromatic rings. The van der Waals surface area contributed by atoms with Gasteiger partial charge in [-0.2, -0.15) is 26.3 Å². The molecule has 0 unspecified atom stereocenters. The van der Waals surface area contributed by atoms with Crippen LogP contribution in [-0.4, -0.2) is 46.4 Å². The van der Waals surface area contributed by atoms with Crippen LogP contribution in [0.3, 0.4) is 0 Å². The van der Waals surface area contributed by atoms with Gasteiger partial charge in [0.15, 0.2) is 5.17 Å². The van der Waals surface area contributed by atoms with Crippen molar-refractivity contribution in [2.75, 3.05) is 18.1 Å². The molecule has 1 saturated heterocycles. The monoisotopic (exact) mass is 402 g/mol. The molecule has 1 aliphatic rings. The summed E-state index contributed by atoms with van der Waals surface area (Å²) < 4.78 is 74.7. The number of carbonyl (C=O) groups is 1. The molecule has 25 heavy (non-hydrogen) atoms. The molecule has 0 aliphatic carbocycles. The normalized spacial score (nSPS) is 17.6. The number of halogens is 6. The van der Waals surface area contributed by atoms with Crippen molar-refractivity contribution in [3.05, 3.63) is 23.8 Å². The lowest BCUT2D eigenvalue weighted by atomic mass is 10.2. The summed E-state index contributed by atoms with van der Waals surface area (Å²) in [7, 11) is 0. The van der Waals surface area contributed by atoms with Gasteiger partial charge in [0, 0.05) is 4.90 Å². The Balaban J connectivity index is 2.23. The predicted molar refractivity (Wildman–Crippen MR) is 85.3 cm³/mol. The molecule has 1 heterocycles. The van der Waals surface area contributed by atoms with E-state index in [1.54, 1.807) is 6.92 Å². The van der Waals surface area contributed by atoms with Crippen molar-refractivity contribution in [3.8, 4) is 0 Å². The Morgan fingerprint density at radius 2 is 1.88 bits per heavy atom. The second-order valence-electron chi connectivity index (χ2n) is 5.13. The minimum atomic E-state index is -4.57. The maximum Gasteiger partial charge on any atom is 0.406 e. The number of hydrogen-bond acceptors (Lipinski definition) is 4. The summed E-state index contributed by atoms with van der Waals surface area (Å²) in [5.74, 6) is -1.95. The van der Waals surface area contributed by atoms with E-state index in [1.165, 1.54) is 18.2 Å². The van der Waals surface area contributed by atoms with E-state index in [9.17, 15) is 31.1 Å². The first-order chi connectivity index (χ1) is 11.4.